The average Bonchev–Trinajstić information content (AvgIpc) is 2.71. The lowest BCUT2D eigenvalue weighted by molar-refractivity contribution is -0.0497. The van der Waals surface area contributed by atoms with Crippen molar-refractivity contribution in [1.82, 2.24) is 5.32 Å². The highest BCUT2D eigenvalue weighted by atomic mass is 35.5. The molecule has 1 atom stereocenters. The summed E-state index contributed by atoms with van der Waals surface area (Å²) in [5.74, 6) is -0.254. The Balaban J connectivity index is 1.93. The second-order valence-electron chi connectivity index (χ2n) is 4.72. The number of amides is 2. The molecule has 1 heterocycles. The van der Waals surface area contributed by atoms with Crippen molar-refractivity contribution < 1.29 is 26.7 Å². The summed E-state index contributed by atoms with van der Waals surface area (Å²) < 4.78 is 50.9. The lowest BCUT2D eigenvalue weighted by atomic mass is 10.2. The Morgan fingerprint density at radius 3 is 2.68 bits per heavy atom. The lowest BCUT2D eigenvalue weighted by Crippen LogP contribution is -2.38. The number of alkyl halides is 2. The molecule has 10 heteroatoms. The van der Waals surface area contributed by atoms with Crippen LogP contribution in [0.25, 0.3) is 0 Å². The molecule has 6 nitrogen and oxygen atoms in total. The molecule has 1 saturated heterocycles. The SMILES string of the molecule is O=C(Nc1ccc(OC(F)F)c(Cl)c1)N[C@H]1CCS(=O)(=O)C1. The summed E-state index contributed by atoms with van der Waals surface area (Å²) in [6, 6.07) is 2.76. The van der Waals surface area contributed by atoms with E-state index in [1.54, 1.807) is 0 Å². The van der Waals surface area contributed by atoms with Crippen LogP contribution in [0.4, 0.5) is 19.3 Å². The number of hydrogen-bond acceptors (Lipinski definition) is 4. The lowest BCUT2D eigenvalue weighted by Gasteiger charge is -2.13. The number of nitrogens with one attached hydrogen (secondary N) is 2. The van der Waals surface area contributed by atoms with Crippen molar-refractivity contribution in [2.75, 3.05) is 16.8 Å². The molecule has 2 N–H and O–H groups in total. The smallest absolute Gasteiger partial charge is 0.387 e. The van der Waals surface area contributed by atoms with Crippen LogP contribution < -0.4 is 15.4 Å². The van der Waals surface area contributed by atoms with E-state index >= 15 is 0 Å². The van der Waals surface area contributed by atoms with Gasteiger partial charge >= 0.3 is 12.6 Å². The molecule has 0 radical (unpaired) electrons. The molecule has 0 aromatic heterocycles. The summed E-state index contributed by atoms with van der Waals surface area (Å²) >= 11 is 5.76. The minimum atomic E-state index is -3.09. The first-order valence-corrected chi connectivity index (χ1v) is 8.47. The van der Waals surface area contributed by atoms with Crippen LogP contribution in [0.2, 0.25) is 5.02 Å². The number of benzene rings is 1. The highest BCUT2D eigenvalue weighted by Gasteiger charge is 2.28. The van der Waals surface area contributed by atoms with Gasteiger partial charge in [-0.05, 0) is 24.6 Å². The van der Waals surface area contributed by atoms with E-state index in [0.29, 0.717) is 6.42 Å². The zero-order chi connectivity index (χ0) is 16.3. The Kier molecular flexibility index (Phi) is 5.07. The van der Waals surface area contributed by atoms with Gasteiger partial charge in [-0.25, -0.2) is 13.2 Å². The first-order valence-electron chi connectivity index (χ1n) is 6.27. The summed E-state index contributed by atoms with van der Waals surface area (Å²) in [4.78, 5) is 11.7. The number of urea groups is 1. The van der Waals surface area contributed by atoms with Gasteiger partial charge in [-0.1, -0.05) is 11.6 Å². The van der Waals surface area contributed by atoms with Crippen LogP contribution in [-0.4, -0.2) is 38.6 Å². The zero-order valence-corrected chi connectivity index (χ0v) is 12.8. The van der Waals surface area contributed by atoms with E-state index in [9.17, 15) is 22.0 Å². The molecule has 1 aliphatic heterocycles. The van der Waals surface area contributed by atoms with E-state index in [1.807, 2.05) is 0 Å². The van der Waals surface area contributed by atoms with Gasteiger partial charge in [0.2, 0.25) is 0 Å². The number of ether oxygens (including phenoxy) is 1. The summed E-state index contributed by atoms with van der Waals surface area (Å²) in [7, 11) is -3.09. The van der Waals surface area contributed by atoms with Gasteiger partial charge in [0.25, 0.3) is 0 Å². The standard InChI is InChI=1S/C12H13ClF2N2O4S/c13-9-5-7(1-2-10(9)21-11(14)15)16-12(18)17-8-3-4-22(19,20)6-8/h1-2,5,8,11H,3-4,6H2,(H2,16,17,18)/t8-/m0/s1. The van der Waals surface area contributed by atoms with Crippen LogP contribution in [0.5, 0.6) is 5.75 Å². The molecule has 0 bridgehead atoms. The monoisotopic (exact) mass is 354 g/mol. The third-order valence-electron chi connectivity index (χ3n) is 2.97. The first-order chi connectivity index (χ1) is 10.2. The van der Waals surface area contributed by atoms with Crippen molar-refractivity contribution in [3.63, 3.8) is 0 Å². The number of anilines is 1. The van der Waals surface area contributed by atoms with E-state index in [2.05, 4.69) is 15.4 Å². The largest absolute Gasteiger partial charge is 0.433 e. The van der Waals surface area contributed by atoms with Gasteiger partial charge in [-0.2, -0.15) is 8.78 Å². The third kappa shape index (κ3) is 4.70. The predicted octanol–water partition coefficient (Wildman–Crippen LogP) is 2.25. The molecule has 1 aromatic rings. The maximum Gasteiger partial charge on any atom is 0.387 e. The molecule has 0 aliphatic carbocycles. The minimum Gasteiger partial charge on any atom is -0.433 e. The molecule has 1 aromatic carbocycles. The van der Waals surface area contributed by atoms with Gasteiger partial charge in [-0.3, -0.25) is 0 Å². The fourth-order valence-corrected chi connectivity index (χ4v) is 3.93. The Bertz CT molecular complexity index is 669. The Morgan fingerprint density at radius 1 is 1.41 bits per heavy atom. The third-order valence-corrected chi connectivity index (χ3v) is 5.04. The van der Waals surface area contributed by atoms with Crippen molar-refractivity contribution in [3.05, 3.63) is 23.2 Å². The average molecular weight is 355 g/mol. The van der Waals surface area contributed by atoms with Gasteiger partial charge in [0.05, 0.1) is 16.5 Å². The Labute approximate surface area is 130 Å². The van der Waals surface area contributed by atoms with Crippen molar-refractivity contribution >= 4 is 33.2 Å². The molecule has 22 heavy (non-hydrogen) atoms. The second-order valence-corrected chi connectivity index (χ2v) is 7.36. The summed E-state index contributed by atoms with van der Waals surface area (Å²) in [6.07, 6.45) is 0.359. The first kappa shape index (κ1) is 16.8. The summed E-state index contributed by atoms with van der Waals surface area (Å²) in [5.41, 5.74) is 0.268. The fourth-order valence-electron chi connectivity index (χ4n) is 2.03. The molecule has 0 spiro atoms. The van der Waals surface area contributed by atoms with Crippen LogP contribution in [0.3, 0.4) is 0 Å². The topological polar surface area (TPSA) is 84.5 Å². The number of carbonyl (C=O) groups is 1. The van der Waals surface area contributed by atoms with Gasteiger partial charge in [0.1, 0.15) is 5.75 Å². The quantitative estimate of drug-likeness (QED) is 0.868. The number of carbonyl (C=O) groups excluding carboxylic acids is 1. The molecule has 0 unspecified atom stereocenters. The van der Waals surface area contributed by atoms with Crippen LogP contribution in [0.15, 0.2) is 18.2 Å². The van der Waals surface area contributed by atoms with Crippen LogP contribution in [-0.2, 0) is 9.84 Å². The maximum atomic E-state index is 12.1. The molecular formula is C12H13ClF2N2O4S. The highest BCUT2D eigenvalue weighted by molar-refractivity contribution is 7.91. The van der Waals surface area contributed by atoms with Crippen LogP contribution >= 0.6 is 11.6 Å². The molecular weight excluding hydrogens is 342 g/mol. The molecule has 122 valence electrons. The molecule has 1 fully saturated rings. The molecule has 0 saturated carbocycles. The van der Waals surface area contributed by atoms with Gasteiger partial charge in [0.15, 0.2) is 9.84 Å². The van der Waals surface area contributed by atoms with E-state index < -0.39 is 28.5 Å². The van der Waals surface area contributed by atoms with E-state index in [4.69, 9.17) is 11.6 Å². The van der Waals surface area contributed by atoms with Crippen molar-refractivity contribution in [2.24, 2.45) is 0 Å². The van der Waals surface area contributed by atoms with Crippen LogP contribution in [0, 0.1) is 0 Å². The number of halogens is 3. The number of hydrogen-bond donors (Lipinski definition) is 2. The van der Waals surface area contributed by atoms with Crippen molar-refractivity contribution in [3.8, 4) is 5.75 Å². The second kappa shape index (κ2) is 6.66. The van der Waals surface area contributed by atoms with Crippen LogP contribution in [0.1, 0.15) is 6.42 Å². The van der Waals surface area contributed by atoms with Gasteiger partial charge in [0, 0.05) is 11.7 Å². The van der Waals surface area contributed by atoms with E-state index in [0.717, 1.165) is 0 Å². The maximum absolute atomic E-state index is 12.1. The fraction of sp³-hybridized carbons (Fsp3) is 0.417. The van der Waals surface area contributed by atoms with E-state index in [1.165, 1.54) is 18.2 Å². The van der Waals surface area contributed by atoms with Gasteiger partial charge in [-0.15, -0.1) is 0 Å². The molecule has 2 amide bonds. The molecule has 1 aliphatic rings. The predicted molar refractivity (Wildman–Crippen MR) is 77.3 cm³/mol. The minimum absolute atomic E-state index is 0.0451. The zero-order valence-electron chi connectivity index (χ0n) is 11.2. The van der Waals surface area contributed by atoms with Crippen molar-refractivity contribution in [1.29, 1.82) is 0 Å². The Hall–Kier alpha value is -1.61. The van der Waals surface area contributed by atoms with Gasteiger partial charge < -0.3 is 15.4 Å². The normalized spacial score (nSPS) is 19.9. The van der Waals surface area contributed by atoms with E-state index in [-0.39, 0.29) is 28.0 Å². The Morgan fingerprint density at radius 2 is 2.14 bits per heavy atom. The van der Waals surface area contributed by atoms with Crippen molar-refractivity contribution in [2.45, 2.75) is 19.1 Å². The number of sulfone groups is 1. The summed E-state index contributed by atoms with van der Waals surface area (Å²) in [5, 5.41) is 4.89. The number of rotatable bonds is 4. The highest BCUT2D eigenvalue weighted by Crippen LogP contribution is 2.28. The molecule has 2 rings (SSSR count). The summed E-state index contributed by atoms with van der Waals surface area (Å²) in [6.45, 7) is -3.00.